The Morgan fingerprint density at radius 1 is 1.17 bits per heavy atom. The number of aromatic carboxylic acids is 1. The first-order valence-corrected chi connectivity index (χ1v) is 11.2. The van der Waals surface area contributed by atoms with Crippen LogP contribution in [0.25, 0.3) is 27.2 Å². The van der Waals surface area contributed by atoms with Crippen LogP contribution in [0.4, 0.5) is 0 Å². The number of hydrogen-bond donors (Lipinski definition) is 1. The smallest absolute Gasteiger partial charge is 0.362 e. The van der Waals surface area contributed by atoms with Gasteiger partial charge in [-0.15, -0.1) is 16.4 Å². The van der Waals surface area contributed by atoms with Gasteiger partial charge < -0.3 is 19.0 Å². The van der Waals surface area contributed by atoms with Gasteiger partial charge in [0, 0.05) is 29.4 Å². The highest BCUT2D eigenvalue weighted by atomic mass is 32.1. The molecule has 0 aliphatic heterocycles. The van der Waals surface area contributed by atoms with Gasteiger partial charge in [-0.2, -0.15) is 0 Å². The molecule has 0 fully saturated rings. The first-order chi connectivity index (χ1) is 17.0. The van der Waals surface area contributed by atoms with Crippen LogP contribution in [-0.2, 0) is 6.61 Å². The standard InChI is InChI=1S/C23H17N5O6S/c1-2-32-16-4-3-14-9-17(23(31)34-18(14)10-16)28-15(11-25-27-28)12-33-20-19(22(29)30)35-21(26-20)13-5-7-24-8-6-13/h3-11H,2,12H2,1H3,(H,29,30). The van der Waals surface area contributed by atoms with Crippen LogP contribution >= 0.6 is 11.3 Å². The first-order valence-electron chi connectivity index (χ1n) is 10.4. The SMILES string of the molecule is CCOc1ccc2cc(-n3nncc3COc3nc(-c4ccncc4)sc3C(=O)O)c(=O)oc2c1. The minimum atomic E-state index is -1.16. The molecule has 4 heterocycles. The van der Waals surface area contributed by atoms with Gasteiger partial charge in [0.05, 0.1) is 12.8 Å². The molecule has 0 bridgehead atoms. The fourth-order valence-corrected chi connectivity index (χ4v) is 4.20. The van der Waals surface area contributed by atoms with Crippen LogP contribution in [0.15, 0.2) is 64.2 Å². The number of carboxylic acids is 1. The fourth-order valence-electron chi connectivity index (χ4n) is 3.34. The quantitative estimate of drug-likeness (QED) is 0.320. The third-order valence-corrected chi connectivity index (χ3v) is 6.00. The number of thiazole rings is 1. The number of rotatable bonds is 8. The average molecular weight is 491 g/mol. The van der Waals surface area contributed by atoms with Gasteiger partial charge in [0.15, 0.2) is 10.6 Å². The van der Waals surface area contributed by atoms with E-state index in [0.29, 0.717) is 34.0 Å². The van der Waals surface area contributed by atoms with E-state index in [9.17, 15) is 14.7 Å². The van der Waals surface area contributed by atoms with Crippen molar-refractivity contribution in [1.29, 1.82) is 0 Å². The number of carbonyl (C=O) groups is 1. The van der Waals surface area contributed by atoms with E-state index in [1.807, 2.05) is 6.92 Å². The van der Waals surface area contributed by atoms with E-state index >= 15 is 0 Å². The lowest BCUT2D eigenvalue weighted by Gasteiger charge is -2.08. The van der Waals surface area contributed by atoms with Gasteiger partial charge in [-0.05, 0) is 37.3 Å². The van der Waals surface area contributed by atoms with Gasteiger partial charge in [-0.25, -0.2) is 19.3 Å². The summed E-state index contributed by atoms with van der Waals surface area (Å²) in [5.41, 5.74) is 0.997. The third kappa shape index (κ3) is 4.46. The second-order valence-corrected chi connectivity index (χ2v) is 8.17. The number of benzene rings is 1. The van der Waals surface area contributed by atoms with Crippen molar-refractivity contribution >= 4 is 28.3 Å². The maximum Gasteiger partial charge on any atom is 0.362 e. The van der Waals surface area contributed by atoms with Gasteiger partial charge in [-0.3, -0.25) is 4.98 Å². The number of carboxylic acid groups (broad SMARTS) is 1. The van der Waals surface area contributed by atoms with Gasteiger partial charge in [0.2, 0.25) is 5.88 Å². The highest BCUT2D eigenvalue weighted by Crippen LogP contribution is 2.32. The maximum atomic E-state index is 12.7. The topological polar surface area (TPSA) is 142 Å². The molecule has 0 radical (unpaired) electrons. The zero-order valence-corrected chi connectivity index (χ0v) is 19.1. The summed E-state index contributed by atoms with van der Waals surface area (Å²) in [5.74, 6) is -0.614. The molecule has 12 heteroatoms. The Bertz CT molecular complexity index is 1580. The van der Waals surface area contributed by atoms with E-state index in [1.54, 1.807) is 48.8 Å². The summed E-state index contributed by atoms with van der Waals surface area (Å²) in [7, 11) is 0. The van der Waals surface area contributed by atoms with E-state index in [0.717, 1.165) is 16.9 Å². The molecule has 0 aliphatic carbocycles. The molecule has 0 atom stereocenters. The Morgan fingerprint density at radius 3 is 2.77 bits per heavy atom. The molecular formula is C23H17N5O6S. The number of pyridine rings is 1. The summed E-state index contributed by atoms with van der Waals surface area (Å²) in [6.07, 6.45) is 4.60. The van der Waals surface area contributed by atoms with Gasteiger partial charge in [0.1, 0.15) is 28.6 Å². The van der Waals surface area contributed by atoms with Gasteiger partial charge >= 0.3 is 11.6 Å². The maximum absolute atomic E-state index is 12.7. The normalized spacial score (nSPS) is 11.0. The molecule has 1 N–H and O–H groups in total. The van der Waals surface area contributed by atoms with Crippen molar-refractivity contribution in [3.05, 3.63) is 76.0 Å². The lowest BCUT2D eigenvalue weighted by Crippen LogP contribution is -2.15. The predicted octanol–water partition coefficient (Wildman–Crippen LogP) is 3.57. The lowest BCUT2D eigenvalue weighted by atomic mass is 10.2. The van der Waals surface area contributed by atoms with E-state index in [4.69, 9.17) is 13.9 Å². The monoisotopic (exact) mass is 491 g/mol. The number of ether oxygens (including phenoxy) is 2. The predicted molar refractivity (Wildman–Crippen MR) is 125 cm³/mol. The summed E-state index contributed by atoms with van der Waals surface area (Å²) in [4.78, 5) is 32.7. The number of hydrogen-bond acceptors (Lipinski definition) is 10. The summed E-state index contributed by atoms with van der Waals surface area (Å²) in [6.45, 7) is 2.22. The minimum absolute atomic E-state index is 0.0453. The van der Waals surface area contributed by atoms with Crippen LogP contribution in [0.2, 0.25) is 0 Å². The third-order valence-electron chi connectivity index (χ3n) is 4.92. The minimum Gasteiger partial charge on any atom is -0.494 e. The molecule has 5 rings (SSSR count). The number of fused-ring (bicyclic) bond motifs is 1. The van der Waals surface area contributed by atoms with E-state index in [2.05, 4.69) is 20.3 Å². The number of nitrogens with zero attached hydrogens (tertiary/aromatic N) is 5. The van der Waals surface area contributed by atoms with Crippen molar-refractivity contribution in [2.75, 3.05) is 6.61 Å². The van der Waals surface area contributed by atoms with Crippen molar-refractivity contribution in [1.82, 2.24) is 25.0 Å². The molecule has 5 aromatic rings. The van der Waals surface area contributed by atoms with Gasteiger partial charge in [-0.1, -0.05) is 5.21 Å². The van der Waals surface area contributed by atoms with Crippen LogP contribution in [0.5, 0.6) is 11.6 Å². The van der Waals surface area contributed by atoms with Crippen molar-refractivity contribution in [2.24, 2.45) is 0 Å². The molecule has 0 aliphatic rings. The average Bonchev–Trinajstić information content (AvgIpc) is 3.50. The summed E-state index contributed by atoms with van der Waals surface area (Å²) >= 11 is 0.990. The Morgan fingerprint density at radius 2 is 2.00 bits per heavy atom. The molecule has 0 saturated carbocycles. The van der Waals surface area contributed by atoms with Crippen molar-refractivity contribution in [3.8, 4) is 27.9 Å². The lowest BCUT2D eigenvalue weighted by molar-refractivity contribution is 0.0696. The number of aromatic nitrogens is 5. The van der Waals surface area contributed by atoms with Crippen LogP contribution in [0, 0.1) is 0 Å². The van der Waals surface area contributed by atoms with Crippen LogP contribution in [-0.4, -0.2) is 42.6 Å². The summed E-state index contributed by atoms with van der Waals surface area (Å²) in [5, 5.41) is 18.6. The Hall–Kier alpha value is -4.58. The first kappa shape index (κ1) is 22.2. The summed E-state index contributed by atoms with van der Waals surface area (Å²) in [6, 6.07) is 10.3. The Labute approximate surface area is 201 Å². The fraction of sp³-hybridized carbons (Fsp3) is 0.130. The van der Waals surface area contributed by atoms with Crippen LogP contribution < -0.4 is 15.1 Å². The molecule has 1 aromatic carbocycles. The molecule has 176 valence electrons. The van der Waals surface area contributed by atoms with Crippen LogP contribution in [0.3, 0.4) is 0 Å². The van der Waals surface area contributed by atoms with E-state index < -0.39 is 11.6 Å². The largest absolute Gasteiger partial charge is 0.494 e. The zero-order valence-electron chi connectivity index (χ0n) is 18.2. The highest BCUT2D eigenvalue weighted by Gasteiger charge is 2.21. The summed E-state index contributed by atoms with van der Waals surface area (Å²) < 4.78 is 17.9. The Kier molecular flexibility index (Phi) is 5.94. The second kappa shape index (κ2) is 9.35. The second-order valence-electron chi connectivity index (χ2n) is 7.17. The molecular weight excluding hydrogens is 474 g/mol. The van der Waals surface area contributed by atoms with Crippen molar-refractivity contribution < 1.29 is 23.8 Å². The molecule has 0 saturated heterocycles. The molecule has 35 heavy (non-hydrogen) atoms. The zero-order chi connectivity index (χ0) is 24.4. The Balaban J connectivity index is 1.44. The highest BCUT2D eigenvalue weighted by molar-refractivity contribution is 7.17. The molecule has 0 amide bonds. The van der Waals surface area contributed by atoms with Crippen molar-refractivity contribution in [2.45, 2.75) is 13.5 Å². The molecule has 11 nitrogen and oxygen atoms in total. The van der Waals surface area contributed by atoms with Gasteiger partial charge in [0.25, 0.3) is 0 Å². The molecule has 0 unspecified atom stereocenters. The van der Waals surface area contributed by atoms with Crippen molar-refractivity contribution in [3.63, 3.8) is 0 Å². The van der Waals surface area contributed by atoms with Crippen LogP contribution in [0.1, 0.15) is 22.3 Å². The molecule has 4 aromatic heterocycles. The van der Waals surface area contributed by atoms with E-state index in [1.165, 1.54) is 10.9 Å². The van der Waals surface area contributed by atoms with E-state index in [-0.39, 0.29) is 23.1 Å². The molecule has 0 spiro atoms.